The van der Waals surface area contributed by atoms with Gasteiger partial charge in [0.15, 0.2) is 17.3 Å². The predicted octanol–water partition coefficient (Wildman–Crippen LogP) is 3.44. The second-order valence-corrected chi connectivity index (χ2v) is 10.2. The molecule has 4 aliphatic rings. The summed E-state index contributed by atoms with van der Waals surface area (Å²) in [6, 6.07) is 9.46. The molecule has 4 heterocycles. The lowest BCUT2D eigenvalue weighted by molar-refractivity contribution is -0.186. The summed E-state index contributed by atoms with van der Waals surface area (Å²) in [5.74, 6) is -3.27. The molecule has 2 aromatic carbocycles. The van der Waals surface area contributed by atoms with Crippen molar-refractivity contribution in [1.82, 2.24) is 14.9 Å². The standard InChI is InChI=1S/C27H23F2N3O7S/c1-36-27(35)39-14-38-26-24-25(34)19(33)8-9-31(24)32(21-12-37-11-10-30(21)26)23-15-6-7-18(28)22(29)17(15)13-40-20-5-3-2-4-16(20)23/h2-9,21,23H,10-14H2,1H3/t21-,23+/m1/s1. The van der Waals surface area contributed by atoms with Crippen LogP contribution in [0.5, 0.6) is 0 Å². The fraction of sp³-hybridized carbons (Fsp3) is 0.296. The van der Waals surface area contributed by atoms with Crippen LogP contribution < -0.4 is 0 Å². The number of carbonyl (C=O) groups excluding carboxylic acids is 3. The van der Waals surface area contributed by atoms with Crippen molar-refractivity contribution in [2.45, 2.75) is 22.9 Å². The number of hydrogen-bond donors (Lipinski definition) is 0. The third-order valence-electron chi connectivity index (χ3n) is 7.07. The average molecular weight is 572 g/mol. The molecule has 0 amide bonds. The quantitative estimate of drug-likeness (QED) is 0.307. The van der Waals surface area contributed by atoms with Crippen molar-refractivity contribution in [1.29, 1.82) is 0 Å². The summed E-state index contributed by atoms with van der Waals surface area (Å²) in [5, 5.41) is 3.32. The highest BCUT2D eigenvalue weighted by molar-refractivity contribution is 7.98. The van der Waals surface area contributed by atoms with E-state index in [1.807, 2.05) is 29.3 Å². The topological polar surface area (TPSA) is 97.8 Å². The molecule has 0 N–H and O–H groups in total. The first-order valence-electron chi connectivity index (χ1n) is 12.4. The van der Waals surface area contributed by atoms with E-state index in [2.05, 4.69) is 4.74 Å². The number of hydrogen-bond acceptors (Lipinski definition) is 11. The second kappa shape index (κ2) is 10.6. The maximum absolute atomic E-state index is 15.3. The molecule has 0 aliphatic carbocycles. The van der Waals surface area contributed by atoms with E-state index in [1.54, 1.807) is 11.0 Å². The smallest absolute Gasteiger partial charge is 0.440 e. The maximum atomic E-state index is 15.3. The van der Waals surface area contributed by atoms with Crippen molar-refractivity contribution in [2.24, 2.45) is 0 Å². The van der Waals surface area contributed by atoms with Crippen LogP contribution in [0.1, 0.15) is 22.7 Å². The minimum atomic E-state index is -0.984. The number of rotatable bonds is 4. The molecule has 0 spiro atoms. The molecule has 208 valence electrons. The van der Waals surface area contributed by atoms with Gasteiger partial charge in [0.2, 0.25) is 18.5 Å². The van der Waals surface area contributed by atoms with Crippen LogP contribution >= 0.6 is 11.8 Å². The van der Waals surface area contributed by atoms with Crippen molar-refractivity contribution in [2.75, 3.05) is 33.7 Å². The number of thioether (sulfide) groups is 1. The Morgan fingerprint density at radius 1 is 1.15 bits per heavy atom. The Labute approximate surface area is 231 Å². The van der Waals surface area contributed by atoms with Gasteiger partial charge in [-0.3, -0.25) is 14.6 Å². The van der Waals surface area contributed by atoms with E-state index in [4.69, 9.17) is 14.2 Å². The molecule has 0 radical (unpaired) electrons. The van der Waals surface area contributed by atoms with Gasteiger partial charge in [0.25, 0.3) is 5.78 Å². The summed E-state index contributed by atoms with van der Waals surface area (Å²) in [6.07, 6.45) is 0.987. The molecule has 0 bridgehead atoms. The Morgan fingerprint density at radius 3 is 2.80 bits per heavy atom. The highest BCUT2D eigenvalue weighted by atomic mass is 32.2. The lowest BCUT2D eigenvalue weighted by Gasteiger charge is -2.54. The average Bonchev–Trinajstić information content (AvgIpc) is 3.13. The van der Waals surface area contributed by atoms with Gasteiger partial charge in [-0.25, -0.2) is 13.6 Å². The summed E-state index contributed by atoms with van der Waals surface area (Å²) in [6.45, 7) is 0.124. The molecule has 1 fully saturated rings. The number of allylic oxidation sites excluding steroid dienone is 2. The fourth-order valence-corrected chi connectivity index (χ4v) is 6.43. The van der Waals surface area contributed by atoms with Gasteiger partial charge in [-0.2, -0.15) is 5.01 Å². The normalized spacial score (nSPS) is 22.2. The van der Waals surface area contributed by atoms with Crippen LogP contribution in [0.2, 0.25) is 0 Å². The summed E-state index contributed by atoms with van der Waals surface area (Å²) in [5.41, 5.74) is 1.42. The third-order valence-corrected chi connectivity index (χ3v) is 8.19. The molecule has 2 atom stereocenters. The minimum Gasteiger partial charge on any atom is -0.440 e. The highest BCUT2D eigenvalue weighted by Crippen LogP contribution is 2.47. The Morgan fingerprint density at radius 2 is 1.98 bits per heavy atom. The maximum Gasteiger partial charge on any atom is 0.510 e. The van der Waals surface area contributed by atoms with Gasteiger partial charge in [-0.15, -0.1) is 11.8 Å². The van der Waals surface area contributed by atoms with E-state index >= 15 is 4.39 Å². The molecule has 1 saturated heterocycles. The van der Waals surface area contributed by atoms with Crippen molar-refractivity contribution in [3.8, 4) is 0 Å². The van der Waals surface area contributed by atoms with Crippen LogP contribution in [0.15, 0.2) is 65.1 Å². The second-order valence-electron chi connectivity index (χ2n) is 9.16. The predicted molar refractivity (Wildman–Crippen MR) is 135 cm³/mol. The van der Waals surface area contributed by atoms with Gasteiger partial charge in [0, 0.05) is 35.0 Å². The van der Waals surface area contributed by atoms with Crippen LogP contribution in [0.4, 0.5) is 13.6 Å². The Kier molecular flexibility index (Phi) is 6.94. The van der Waals surface area contributed by atoms with E-state index in [0.717, 1.165) is 29.7 Å². The van der Waals surface area contributed by atoms with Crippen LogP contribution in [-0.4, -0.2) is 72.5 Å². The zero-order chi connectivity index (χ0) is 28.0. The molecule has 0 unspecified atom stereocenters. The van der Waals surface area contributed by atoms with E-state index < -0.39 is 48.4 Å². The Balaban J connectivity index is 1.55. The van der Waals surface area contributed by atoms with Gasteiger partial charge in [0.1, 0.15) is 6.17 Å². The van der Waals surface area contributed by atoms with Gasteiger partial charge in [0.05, 0.1) is 26.4 Å². The molecular weight excluding hydrogens is 548 g/mol. The van der Waals surface area contributed by atoms with E-state index in [-0.39, 0.29) is 42.7 Å². The lowest BCUT2D eigenvalue weighted by atomic mass is 9.92. The van der Waals surface area contributed by atoms with Crippen LogP contribution in [0.3, 0.4) is 0 Å². The van der Waals surface area contributed by atoms with Crippen molar-refractivity contribution in [3.05, 3.63) is 88.6 Å². The number of benzene rings is 2. The van der Waals surface area contributed by atoms with Gasteiger partial charge < -0.3 is 23.8 Å². The number of morpholine rings is 1. The zero-order valence-electron chi connectivity index (χ0n) is 21.2. The van der Waals surface area contributed by atoms with Gasteiger partial charge in [-0.1, -0.05) is 24.3 Å². The molecule has 10 nitrogen and oxygen atoms in total. The monoisotopic (exact) mass is 571 g/mol. The van der Waals surface area contributed by atoms with Crippen LogP contribution in [0, 0.1) is 11.6 Å². The van der Waals surface area contributed by atoms with E-state index in [1.165, 1.54) is 23.0 Å². The zero-order valence-corrected chi connectivity index (χ0v) is 22.0. The highest BCUT2D eigenvalue weighted by Gasteiger charge is 2.50. The number of methoxy groups -OCH3 is 1. The van der Waals surface area contributed by atoms with Crippen molar-refractivity contribution < 1.29 is 42.1 Å². The van der Waals surface area contributed by atoms with Crippen LogP contribution in [0.25, 0.3) is 0 Å². The SMILES string of the molecule is COC(=O)OCOC1=C2C(=O)C(=O)C=CN2N([C@@H]2c3ccccc3SCc3c2ccc(F)c3F)[C@@H]2COCCN12. The molecule has 13 heteroatoms. The number of fused-ring (bicyclic) bond motifs is 4. The molecule has 40 heavy (non-hydrogen) atoms. The molecule has 6 rings (SSSR count). The number of hydrazine groups is 1. The number of nitrogens with zero attached hydrogens (tertiary/aromatic N) is 3. The van der Waals surface area contributed by atoms with Gasteiger partial charge >= 0.3 is 6.16 Å². The van der Waals surface area contributed by atoms with E-state index in [9.17, 15) is 18.8 Å². The summed E-state index contributed by atoms with van der Waals surface area (Å²) in [7, 11) is 1.14. The summed E-state index contributed by atoms with van der Waals surface area (Å²) >= 11 is 1.39. The Hall–Kier alpha value is -3.94. The van der Waals surface area contributed by atoms with Crippen molar-refractivity contribution >= 4 is 29.5 Å². The number of Topliss-reactive ketones (excluding diaryl/α,β-unsaturated/α-hetero) is 1. The number of ketones is 2. The van der Waals surface area contributed by atoms with Crippen LogP contribution in [-0.2, 0) is 34.3 Å². The third kappa shape index (κ3) is 4.30. The minimum absolute atomic E-state index is 0.0259. The molecule has 4 aliphatic heterocycles. The Bertz CT molecular complexity index is 1470. The molecule has 0 saturated carbocycles. The number of carbonyl (C=O) groups is 3. The molecule has 0 aromatic heterocycles. The lowest BCUT2D eigenvalue weighted by Crippen LogP contribution is -2.65. The van der Waals surface area contributed by atoms with Gasteiger partial charge in [-0.05, 0) is 23.3 Å². The molecule has 2 aromatic rings. The van der Waals surface area contributed by atoms with Crippen molar-refractivity contribution in [3.63, 3.8) is 0 Å². The largest absolute Gasteiger partial charge is 0.510 e. The number of halogens is 2. The first-order chi connectivity index (χ1) is 19.4. The first-order valence-corrected chi connectivity index (χ1v) is 13.3. The fourth-order valence-electron chi connectivity index (χ4n) is 5.31. The first kappa shape index (κ1) is 26.3. The molecular formula is C27H23F2N3O7S. The van der Waals surface area contributed by atoms with E-state index in [0.29, 0.717) is 5.56 Å². The number of ether oxygens (including phenoxy) is 4. The summed E-state index contributed by atoms with van der Waals surface area (Å²) in [4.78, 5) is 40.1. The summed E-state index contributed by atoms with van der Waals surface area (Å²) < 4.78 is 50.7.